The van der Waals surface area contributed by atoms with Gasteiger partial charge >= 0.3 is 6.61 Å². The third-order valence-electron chi connectivity index (χ3n) is 6.44. The number of hydrogen-bond acceptors (Lipinski definition) is 3. The van der Waals surface area contributed by atoms with E-state index in [9.17, 15) is 13.6 Å². The molecule has 1 aliphatic heterocycles. The van der Waals surface area contributed by atoms with Crippen LogP contribution in [-0.2, 0) is 0 Å². The fourth-order valence-corrected chi connectivity index (χ4v) is 5.11. The van der Waals surface area contributed by atoms with Crippen LogP contribution < -0.4 is 4.74 Å². The zero-order valence-electron chi connectivity index (χ0n) is 19.1. The zero-order valence-corrected chi connectivity index (χ0v) is 20.6. The zero-order chi connectivity index (χ0) is 25.2. The number of ether oxygens (including phenoxy) is 1. The maximum absolute atomic E-state index is 13.7. The number of hydrazone groups is 1. The number of nitrogens with zero attached hydrogens (tertiary/aromatic N) is 2. The van der Waals surface area contributed by atoms with Crippen molar-refractivity contribution in [3.05, 3.63) is 105 Å². The largest absolute Gasteiger partial charge is 0.435 e. The molecule has 1 amide bonds. The van der Waals surface area contributed by atoms with Crippen molar-refractivity contribution >= 4 is 40.9 Å². The number of carbonyl (C=O) groups is 1. The van der Waals surface area contributed by atoms with E-state index in [1.807, 2.05) is 36.4 Å². The summed E-state index contributed by atoms with van der Waals surface area (Å²) in [6.45, 7) is -2.98. The molecule has 5 rings (SSSR count). The number of rotatable bonds is 5. The molecule has 0 spiro atoms. The van der Waals surface area contributed by atoms with Crippen molar-refractivity contribution in [1.29, 1.82) is 0 Å². The van der Waals surface area contributed by atoms with Gasteiger partial charge in [-0.15, -0.1) is 0 Å². The molecule has 184 valence electrons. The van der Waals surface area contributed by atoms with Crippen molar-refractivity contribution in [1.82, 2.24) is 5.01 Å². The number of carbonyl (C=O) groups excluding carboxylic acids is 1. The number of allylic oxidation sites excluding steroid dienone is 1. The van der Waals surface area contributed by atoms with E-state index in [4.69, 9.17) is 28.3 Å². The Morgan fingerprint density at radius 1 is 1.03 bits per heavy atom. The molecule has 0 saturated heterocycles. The van der Waals surface area contributed by atoms with Crippen molar-refractivity contribution in [2.45, 2.75) is 31.9 Å². The van der Waals surface area contributed by atoms with Gasteiger partial charge in [0.25, 0.3) is 5.91 Å². The lowest BCUT2D eigenvalue weighted by atomic mass is 9.77. The van der Waals surface area contributed by atoms with Crippen molar-refractivity contribution in [2.75, 3.05) is 0 Å². The highest BCUT2D eigenvalue weighted by atomic mass is 35.5. The molecular weight excluding hydrogens is 505 g/mol. The first-order chi connectivity index (χ1) is 17.4. The second kappa shape index (κ2) is 10.4. The topological polar surface area (TPSA) is 41.9 Å². The van der Waals surface area contributed by atoms with Gasteiger partial charge in [-0.05, 0) is 84.5 Å². The van der Waals surface area contributed by atoms with Gasteiger partial charge in [0.1, 0.15) is 5.75 Å². The molecule has 1 fully saturated rings. The fraction of sp³-hybridized carbons (Fsp3) is 0.214. The Bertz CT molecular complexity index is 1320. The first-order valence-electron chi connectivity index (χ1n) is 11.6. The Morgan fingerprint density at radius 2 is 1.72 bits per heavy atom. The van der Waals surface area contributed by atoms with Gasteiger partial charge in [-0.3, -0.25) is 4.79 Å². The molecular formula is C28H22Cl2F2N2O2. The van der Waals surface area contributed by atoms with Crippen LogP contribution in [0.2, 0.25) is 10.0 Å². The van der Waals surface area contributed by atoms with E-state index >= 15 is 0 Å². The summed E-state index contributed by atoms with van der Waals surface area (Å²) in [4.78, 5) is 13.7. The van der Waals surface area contributed by atoms with Gasteiger partial charge in [-0.1, -0.05) is 53.5 Å². The van der Waals surface area contributed by atoms with Crippen molar-refractivity contribution in [3.63, 3.8) is 0 Å². The average molecular weight is 527 g/mol. The number of fused-ring (bicyclic) bond motifs is 1. The third kappa shape index (κ3) is 5.15. The Labute approximate surface area is 217 Å². The molecule has 2 atom stereocenters. The summed E-state index contributed by atoms with van der Waals surface area (Å²) in [5.74, 6) is -0.475. The minimum absolute atomic E-state index is 0.0112. The first-order valence-corrected chi connectivity index (χ1v) is 12.3. The Kier molecular flexibility index (Phi) is 7.08. The van der Waals surface area contributed by atoms with Crippen LogP contribution in [0.3, 0.4) is 0 Å². The van der Waals surface area contributed by atoms with E-state index in [1.54, 1.807) is 18.2 Å². The highest BCUT2D eigenvalue weighted by molar-refractivity contribution is 6.30. The Hall–Kier alpha value is -3.22. The first kappa shape index (κ1) is 24.5. The lowest BCUT2D eigenvalue weighted by molar-refractivity contribution is -0.0499. The molecule has 3 aromatic carbocycles. The summed E-state index contributed by atoms with van der Waals surface area (Å²) in [5.41, 5.74) is 4.06. The minimum Gasteiger partial charge on any atom is -0.435 e. The summed E-state index contributed by atoms with van der Waals surface area (Å²) in [5, 5.41) is 7.57. The van der Waals surface area contributed by atoms with Crippen LogP contribution >= 0.6 is 23.2 Å². The quantitative estimate of drug-likeness (QED) is 0.337. The van der Waals surface area contributed by atoms with Crippen LogP contribution in [0.1, 0.15) is 46.8 Å². The van der Waals surface area contributed by atoms with Crippen molar-refractivity contribution < 1.29 is 18.3 Å². The van der Waals surface area contributed by atoms with Gasteiger partial charge in [0.15, 0.2) is 0 Å². The Balaban J connectivity index is 1.55. The summed E-state index contributed by atoms with van der Waals surface area (Å²) in [7, 11) is 0. The maximum atomic E-state index is 13.7. The molecule has 0 aromatic heterocycles. The summed E-state index contributed by atoms with van der Waals surface area (Å²) in [6, 6.07) is 20.4. The molecule has 0 bridgehead atoms. The van der Waals surface area contributed by atoms with Gasteiger partial charge in [-0.25, -0.2) is 5.01 Å². The normalized spacial score (nSPS) is 20.4. The lowest BCUT2D eigenvalue weighted by Crippen LogP contribution is -2.31. The van der Waals surface area contributed by atoms with Crippen LogP contribution in [0.15, 0.2) is 83.5 Å². The predicted octanol–water partition coefficient (Wildman–Crippen LogP) is 8.03. The van der Waals surface area contributed by atoms with Gasteiger partial charge in [0.2, 0.25) is 0 Å². The van der Waals surface area contributed by atoms with E-state index in [0.717, 1.165) is 41.7 Å². The number of benzene rings is 3. The van der Waals surface area contributed by atoms with E-state index < -0.39 is 6.61 Å². The van der Waals surface area contributed by atoms with Crippen LogP contribution in [0.4, 0.5) is 8.78 Å². The summed E-state index contributed by atoms with van der Waals surface area (Å²) < 4.78 is 30.0. The molecule has 1 heterocycles. The van der Waals surface area contributed by atoms with Crippen molar-refractivity contribution in [2.24, 2.45) is 11.0 Å². The smallest absolute Gasteiger partial charge is 0.387 e. The third-order valence-corrected chi connectivity index (χ3v) is 6.94. The van der Waals surface area contributed by atoms with Gasteiger partial charge in [-0.2, -0.15) is 13.9 Å². The maximum Gasteiger partial charge on any atom is 0.387 e. The lowest BCUT2D eigenvalue weighted by Gasteiger charge is -2.29. The standard InChI is InChI=1S/C28H22Cl2F2N2O2/c29-21-11-7-17(8-12-21)15-19-3-2-6-24-25(19)33-34(26(24)18-9-13-22(30)14-10-18)27(35)20-4-1-5-23(16-20)36-28(31)32/h1,4-5,7-16,24,26,28H,2-3,6H2/b19-15+/t24-,26+/m1/s1. The molecule has 1 saturated carbocycles. The molecule has 0 radical (unpaired) electrons. The van der Waals surface area contributed by atoms with Gasteiger partial charge in [0.05, 0.1) is 11.8 Å². The number of halogens is 4. The van der Waals surface area contributed by atoms with Gasteiger partial charge < -0.3 is 4.74 Å². The molecule has 4 nitrogen and oxygen atoms in total. The highest BCUT2D eigenvalue weighted by Crippen LogP contribution is 2.45. The van der Waals surface area contributed by atoms with E-state index in [2.05, 4.69) is 10.8 Å². The second-order valence-electron chi connectivity index (χ2n) is 8.76. The number of alkyl halides is 2. The summed E-state index contributed by atoms with van der Waals surface area (Å²) >= 11 is 12.2. The number of amides is 1. The molecule has 3 aromatic rings. The average Bonchev–Trinajstić information content (AvgIpc) is 3.26. The monoisotopic (exact) mass is 526 g/mol. The van der Waals surface area contributed by atoms with Crippen molar-refractivity contribution in [3.8, 4) is 5.75 Å². The van der Waals surface area contributed by atoms with Crippen LogP contribution in [0.25, 0.3) is 6.08 Å². The van der Waals surface area contributed by atoms with Crippen LogP contribution in [-0.4, -0.2) is 23.2 Å². The fourth-order valence-electron chi connectivity index (χ4n) is 4.86. The molecule has 8 heteroatoms. The molecule has 36 heavy (non-hydrogen) atoms. The molecule has 0 unspecified atom stereocenters. The Morgan fingerprint density at radius 3 is 2.42 bits per heavy atom. The molecule has 0 N–H and O–H groups in total. The molecule has 2 aliphatic rings. The van der Waals surface area contributed by atoms with E-state index in [0.29, 0.717) is 10.0 Å². The minimum atomic E-state index is -2.98. The van der Waals surface area contributed by atoms with E-state index in [1.165, 1.54) is 23.2 Å². The second-order valence-corrected chi connectivity index (χ2v) is 9.63. The SMILES string of the molecule is O=C(c1cccc(OC(F)F)c1)N1N=C2/C(=C/c3ccc(Cl)cc3)CCC[C@H]2[C@@H]1c1ccc(Cl)cc1. The molecule has 1 aliphatic carbocycles. The highest BCUT2D eigenvalue weighted by Gasteiger charge is 2.44. The number of hydrogen-bond donors (Lipinski definition) is 0. The van der Waals surface area contributed by atoms with E-state index in [-0.39, 0.29) is 29.2 Å². The predicted molar refractivity (Wildman–Crippen MR) is 138 cm³/mol. The van der Waals surface area contributed by atoms with Crippen LogP contribution in [0, 0.1) is 5.92 Å². The summed E-state index contributed by atoms with van der Waals surface area (Å²) in [6.07, 6.45) is 4.74. The van der Waals surface area contributed by atoms with Crippen LogP contribution in [0.5, 0.6) is 5.75 Å². The van der Waals surface area contributed by atoms with Gasteiger partial charge in [0, 0.05) is 21.5 Å².